The summed E-state index contributed by atoms with van der Waals surface area (Å²) in [5.41, 5.74) is 0.958. The van der Waals surface area contributed by atoms with E-state index in [-0.39, 0.29) is 24.5 Å². The highest BCUT2D eigenvalue weighted by Crippen LogP contribution is 2.39. The predicted molar refractivity (Wildman–Crippen MR) is 82.6 cm³/mol. The Morgan fingerprint density at radius 1 is 1.46 bits per heavy atom. The topological polar surface area (TPSA) is 91.4 Å². The SMILES string of the molecule is Cn1cc(O[C@@H]2COC[C@@H]2NC(=O)Cc2cc(C3CC3)no2)cn1. The van der Waals surface area contributed by atoms with Gasteiger partial charge in [-0.2, -0.15) is 5.10 Å². The average Bonchev–Trinajstić information content (AvgIpc) is 2.92. The van der Waals surface area contributed by atoms with Crippen molar-refractivity contribution in [2.75, 3.05) is 13.2 Å². The summed E-state index contributed by atoms with van der Waals surface area (Å²) in [5.74, 6) is 1.66. The van der Waals surface area contributed by atoms with Crippen LogP contribution in [0.5, 0.6) is 5.75 Å². The molecule has 8 heteroatoms. The maximum absolute atomic E-state index is 12.2. The lowest BCUT2D eigenvalue weighted by Crippen LogP contribution is -2.45. The summed E-state index contributed by atoms with van der Waals surface area (Å²) < 4.78 is 18.2. The van der Waals surface area contributed by atoms with E-state index in [4.69, 9.17) is 14.0 Å². The third-order valence-corrected chi connectivity index (χ3v) is 4.25. The van der Waals surface area contributed by atoms with Gasteiger partial charge in [-0.3, -0.25) is 9.48 Å². The van der Waals surface area contributed by atoms with Crippen molar-refractivity contribution in [3.8, 4) is 5.75 Å². The molecule has 8 nitrogen and oxygen atoms in total. The minimum Gasteiger partial charge on any atom is -0.482 e. The molecule has 0 spiro atoms. The molecule has 1 N–H and O–H groups in total. The third-order valence-electron chi connectivity index (χ3n) is 4.25. The van der Waals surface area contributed by atoms with Crippen LogP contribution < -0.4 is 10.1 Å². The van der Waals surface area contributed by atoms with Crippen molar-refractivity contribution in [2.45, 2.75) is 37.3 Å². The molecule has 4 rings (SSSR count). The number of amides is 1. The van der Waals surface area contributed by atoms with E-state index < -0.39 is 0 Å². The van der Waals surface area contributed by atoms with Gasteiger partial charge in [0, 0.05) is 19.0 Å². The molecular formula is C16H20N4O4. The van der Waals surface area contributed by atoms with Crippen molar-refractivity contribution < 1.29 is 18.8 Å². The summed E-state index contributed by atoms with van der Waals surface area (Å²) in [5, 5.41) is 11.0. The minimum absolute atomic E-state index is 0.121. The normalized spacial score (nSPS) is 23.4. The highest BCUT2D eigenvalue weighted by atomic mass is 16.5. The van der Waals surface area contributed by atoms with Gasteiger partial charge < -0.3 is 19.3 Å². The van der Waals surface area contributed by atoms with Crippen LogP contribution >= 0.6 is 0 Å². The molecule has 0 unspecified atom stereocenters. The van der Waals surface area contributed by atoms with Crippen LogP contribution in [0.2, 0.25) is 0 Å². The maximum Gasteiger partial charge on any atom is 0.228 e. The smallest absolute Gasteiger partial charge is 0.228 e. The van der Waals surface area contributed by atoms with Gasteiger partial charge in [-0.25, -0.2) is 0 Å². The molecule has 2 aromatic rings. The summed E-state index contributed by atoms with van der Waals surface area (Å²) >= 11 is 0. The van der Waals surface area contributed by atoms with Crippen molar-refractivity contribution in [1.82, 2.24) is 20.3 Å². The van der Waals surface area contributed by atoms with Crippen LogP contribution in [0.1, 0.15) is 30.2 Å². The molecule has 1 saturated heterocycles. The first-order chi connectivity index (χ1) is 11.7. The van der Waals surface area contributed by atoms with E-state index in [2.05, 4.69) is 15.6 Å². The lowest BCUT2D eigenvalue weighted by molar-refractivity contribution is -0.121. The van der Waals surface area contributed by atoms with Crippen LogP contribution in [0.25, 0.3) is 0 Å². The highest BCUT2D eigenvalue weighted by molar-refractivity contribution is 5.78. The van der Waals surface area contributed by atoms with Crippen molar-refractivity contribution in [3.05, 3.63) is 29.9 Å². The van der Waals surface area contributed by atoms with Crippen molar-refractivity contribution in [2.24, 2.45) is 7.05 Å². The molecule has 3 heterocycles. The summed E-state index contributed by atoms with van der Waals surface area (Å²) in [6, 6.07) is 1.69. The van der Waals surface area contributed by atoms with Gasteiger partial charge in [-0.05, 0) is 12.8 Å². The van der Waals surface area contributed by atoms with E-state index >= 15 is 0 Å². The zero-order valence-corrected chi connectivity index (χ0v) is 13.5. The fourth-order valence-corrected chi connectivity index (χ4v) is 2.82. The Kier molecular flexibility index (Phi) is 3.97. The fraction of sp³-hybridized carbons (Fsp3) is 0.562. The second-order valence-electron chi connectivity index (χ2n) is 6.39. The molecule has 0 radical (unpaired) electrons. The molecule has 0 bridgehead atoms. The number of aromatic nitrogens is 3. The van der Waals surface area contributed by atoms with Crippen LogP contribution in [-0.2, 0) is 23.0 Å². The first-order valence-corrected chi connectivity index (χ1v) is 8.15. The molecule has 2 fully saturated rings. The number of hydrogen-bond acceptors (Lipinski definition) is 6. The largest absolute Gasteiger partial charge is 0.482 e. The molecule has 1 amide bonds. The van der Waals surface area contributed by atoms with E-state index in [0.29, 0.717) is 30.6 Å². The fourth-order valence-electron chi connectivity index (χ4n) is 2.82. The van der Waals surface area contributed by atoms with Crippen LogP contribution in [0, 0.1) is 0 Å². The number of carbonyl (C=O) groups excluding carboxylic acids is 1. The Morgan fingerprint density at radius 3 is 3.08 bits per heavy atom. The molecule has 2 aliphatic rings. The van der Waals surface area contributed by atoms with Gasteiger partial charge in [0.15, 0.2) is 5.75 Å². The second-order valence-corrected chi connectivity index (χ2v) is 6.39. The summed E-state index contributed by atoms with van der Waals surface area (Å²) in [6.07, 6.45) is 5.69. The van der Waals surface area contributed by atoms with E-state index in [1.54, 1.807) is 17.1 Å². The molecule has 2 aromatic heterocycles. The monoisotopic (exact) mass is 332 g/mol. The van der Waals surface area contributed by atoms with Gasteiger partial charge in [0.05, 0.1) is 43.8 Å². The molecule has 128 valence electrons. The van der Waals surface area contributed by atoms with Gasteiger partial charge >= 0.3 is 0 Å². The summed E-state index contributed by atoms with van der Waals surface area (Å²) in [6.45, 7) is 0.869. The predicted octanol–water partition coefficient (Wildman–Crippen LogP) is 0.791. The zero-order valence-electron chi connectivity index (χ0n) is 13.5. The van der Waals surface area contributed by atoms with E-state index in [1.807, 2.05) is 13.1 Å². The number of nitrogens with zero attached hydrogens (tertiary/aromatic N) is 3. The number of nitrogens with one attached hydrogen (secondary N) is 1. The average molecular weight is 332 g/mol. The van der Waals surface area contributed by atoms with Crippen LogP contribution in [0.15, 0.2) is 23.0 Å². The van der Waals surface area contributed by atoms with E-state index in [0.717, 1.165) is 18.5 Å². The lowest BCUT2D eigenvalue weighted by atomic mass is 10.2. The maximum atomic E-state index is 12.2. The Morgan fingerprint density at radius 2 is 2.33 bits per heavy atom. The van der Waals surface area contributed by atoms with E-state index in [1.165, 1.54) is 0 Å². The molecule has 2 atom stereocenters. The lowest BCUT2D eigenvalue weighted by Gasteiger charge is -2.19. The number of aryl methyl sites for hydroxylation is 1. The third kappa shape index (κ3) is 3.43. The molecule has 1 saturated carbocycles. The Hall–Kier alpha value is -2.35. The summed E-state index contributed by atoms with van der Waals surface area (Å²) in [7, 11) is 1.82. The minimum atomic E-state index is -0.227. The highest BCUT2D eigenvalue weighted by Gasteiger charge is 2.32. The Balaban J connectivity index is 1.31. The first-order valence-electron chi connectivity index (χ1n) is 8.15. The van der Waals surface area contributed by atoms with E-state index in [9.17, 15) is 4.79 Å². The molecule has 0 aromatic carbocycles. The van der Waals surface area contributed by atoms with Crippen LogP contribution in [0.3, 0.4) is 0 Å². The Labute approximate surface area is 139 Å². The van der Waals surface area contributed by atoms with Gasteiger partial charge in [-0.15, -0.1) is 0 Å². The van der Waals surface area contributed by atoms with Crippen LogP contribution in [-0.4, -0.2) is 46.2 Å². The second kappa shape index (κ2) is 6.27. The van der Waals surface area contributed by atoms with Gasteiger partial charge in [0.1, 0.15) is 11.9 Å². The van der Waals surface area contributed by atoms with Gasteiger partial charge in [0.25, 0.3) is 0 Å². The number of rotatable bonds is 6. The first kappa shape index (κ1) is 15.2. The van der Waals surface area contributed by atoms with Crippen LogP contribution in [0.4, 0.5) is 0 Å². The molecular weight excluding hydrogens is 312 g/mol. The van der Waals surface area contributed by atoms with Gasteiger partial charge in [-0.1, -0.05) is 5.16 Å². The quantitative estimate of drug-likeness (QED) is 0.841. The standard InChI is InChI=1S/C16H20N4O4/c1-20-7-12(6-17-20)23-15-9-22-8-14(15)18-16(21)5-11-4-13(19-24-11)10-2-3-10/h4,6-7,10,14-15H,2-3,5,8-9H2,1H3,(H,18,21)/t14-,15+/m0/s1. The molecule has 24 heavy (non-hydrogen) atoms. The van der Waals surface area contributed by atoms with Gasteiger partial charge in [0.2, 0.25) is 5.91 Å². The zero-order chi connectivity index (χ0) is 16.5. The molecule has 1 aliphatic carbocycles. The number of carbonyl (C=O) groups is 1. The molecule has 1 aliphatic heterocycles. The number of ether oxygens (including phenoxy) is 2. The van der Waals surface area contributed by atoms with Crippen molar-refractivity contribution in [3.63, 3.8) is 0 Å². The summed E-state index contributed by atoms with van der Waals surface area (Å²) in [4.78, 5) is 12.2. The van der Waals surface area contributed by atoms with Crippen molar-refractivity contribution >= 4 is 5.91 Å². The Bertz CT molecular complexity index is 721. The number of hydrogen-bond donors (Lipinski definition) is 1. The van der Waals surface area contributed by atoms with Crippen molar-refractivity contribution in [1.29, 1.82) is 0 Å².